The van der Waals surface area contributed by atoms with Crippen LogP contribution < -0.4 is 5.73 Å². The standard InChI is InChI=1S/C7H15F2N/c1-3-5(2)4-6(10)7(8)9/h5-7H,3-4,10H2,1-2H3. The van der Waals surface area contributed by atoms with Crippen LogP contribution in [0.3, 0.4) is 0 Å². The predicted molar refractivity (Wildman–Crippen MR) is 38.1 cm³/mol. The Balaban J connectivity index is 3.46. The first-order chi connectivity index (χ1) is 4.57. The monoisotopic (exact) mass is 151 g/mol. The van der Waals surface area contributed by atoms with Crippen LogP contribution in [0.2, 0.25) is 0 Å². The Morgan fingerprint density at radius 2 is 1.90 bits per heavy atom. The summed E-state index contributed by atoms with van der Waals surface area (Å²) < 4.78 is 23.6. The second-order valence-corrected chi connectivity index (χ2v) is 2.75. The lowest BCUT2D eigenvalue weighted by atomic mass is 10.0. The average Bonchev–Trinajstić information content (AvgIpc) is 1.87. The van der Waals surface area contributed by atoms with Crippen LogP contribution in [-0.4, -0.2) is 12.5 Å². The van der Waals surface area contributed by atoms with E-state index in [0.29, 0.717) is 12.3 Å². The summed E-state index contributed by atoms with van der Waals surface area (Å²) in [4.78, 5) is 0. The highest BCUT2D eigenvalue weighted by Crippen LogP contribution is 2.12. The van der Waals surface area contributed by atoms with Gasteiger partial charge in [0.15, 0.2) is 0 Å². The summed E-state index contributed by atoms with van der Waals surface area (Å²) in [6.07, 6.45) is -1.02. The minimum atomic E-state index is -2.37. The van der Waals surface area contributed by atoms with E-state index in [9.17, 15) is 8.78 Å². The maximum atomic E-state index is 11.8. The summed E-state index contributed by atoms with van der Waals surface area (Å²) in [5, 5.41) is 0. The minimum Gasteiger partial charge on any atom is -0.323 e. The van der Waals surface area contributed by atoms with Gasteiger partial charge in [-0.15, -0.1) is 0 Å². The normalized spacial score (nSPS) is 17.4. The van der Waals surface area contributed by atoms with Gasteiger partial charge in [0, 0.05) is 0 Å². The highest BCUT2D eigenvalue weighted by Gasteiger charge is 2.16. The van der Waals surface area contributed by atoms with Crippen molar-refractivity contribution in [1.82, 2.24) is 0 Å². The number of hydrogen-bond acceptors (Lipinski definition) is 1. The molecule has 0 saturated heterocycles. The molecule has 0 spiro atoms. The van der Waals surface area contributed by atoms with Crippen molar-refractivity contribution >= 4 is 0 Å². The zero-order valence-corrected chi connectivity index (χ0v) is 6.48. The maximum absolute atomic E-state index is 11.8. The van der Waals surface area contributed by atoms with Gasteiger partial charge in [-0.25, -0.2) is 8.78 Å². The third kappa shape index (κ3) is 3.77. The fourth-order valence-electron chi connectivity index (χ4n) is 0.734. The van der Waals surface area contributed by atoms with Crippen LogP contribution in [0.5, 0.6) is 0 Å². The first-order valence-corrected chi connectivity index (χ1v) is 3.61. The Hall–Kier alpha value is -0.180. The zero-order chi connectivity index (χ0) is 8.15. The fraction of sp³-hybridized carbons (Fsp3) is 1.00. The molecule has 0 radical (unpaired) electrons. The maximum Gasteiger partial charge on any atom is 0.253 e. The Kier molecular flexibility index (Phi) is 4.52. The zero-order valence-electron chi connectivity index (χ0n) is 6.48. The van der Waals surface area contributed by atoms with Crippen molar-refractivity contribution in [3.05, 3.63) is 0 Å². The number of rotatable bonds is 4. The van der Waals surface area contributed by atoms with Crippen molar-refractivity contribution in [3.8, 4) is 0 Å². The van der Waals surface area contributed by atoms with Gasteiger partial charge in [0.05, 0.1) is 6.04 Å². The molecule has 0 aliphatic carbocycles. The lowest BCUT2D eigenvalue weighted by Crippen LogP contribution is -2.30. The molecule has 10 heavy (non-hydrogen) atoms. The van der Waals surface area contributed by atoms with Gasteiger partial charge in [-0.2, -0.15) is 0 Å². The van der Waals surface area contributed by atoms with Crippen LogP contribution in [0.25, 0.3) is 0 Å². The molecule has 0 aromatic rings. The number of nitrogens with two attached hydrogens (primary N) is 1. The average molecular weight is 151 g/mol. The van der Waals surface area contributed by atoms with E-state index in [1.54, 1.807) is 0 Å². The first-order valence-electron chi connectivity index (χ1n) is 3.61. The van der Waals surface area contributed by atoms with Crippen LogP contribution in [0.4, 0.5) is 8.78 Å². The van der Waals surface area contributed by atoms with E-state index in [1.165, 1.54) is 0 Å². The van der Waals surface area contributed by atoms with Crippen molar-refractivity contribution in [2.75, 3.05) is 0 Å². The molecule has 2 N–H and O–H groups in total. The number of alkyl halides is 2. The van der Waals surface area contributed by atoms with Crippen molar-refractivity contribution in [2.45, 2.75) is 39.2 Å². The summed E-state index contributed by atoms with van der Waals surface area (Å²) in [5.41, 5.74) is 5.14. The molecule has 0 bridgehead atoms. The first kappa shape index (κ1) is 9.82. The van der Waals surface area contributed by atoms with E-state index in [-0.39, 0.29) is 0 Å². The van der Waals surface area contributed by atoms with Gasteiger partial charge < -0.3 is 5.73 Å². The largest absolute Gasteiger partial charge is 0.323 e. The molecular formula is C7H15F2N. The second kappa shape index (κ2) is 4.61. The molecule has 0 heterocycles. The molecule has 62 valence electrons. The van der Waals surface area contributed by atoms with Gasteiger partial charge in [0.1, 0.15) is 0 Å². The van der Waals surface area contributed by atoms with E-state index in [1.807, 2.05) is 13.8 Å². The third-order valence-corrected chi connectivity index (χ3v) is 1.70. The van der Waals surface area contributed by atoms with Gasteiger partial charge in [-0.05, 0) is 12.3 Å². The van der Waals surface area contributed by atoms with E-state index in [4.69, 9.17) is 5.73 Å². The molecule has 0 fully saturated rings. The quantitative estimate of drug-likeness (QED) is 0.653. The third-order valence-electron chi connectivity index (χ3n) is 1.70. The Morgan fingerprint density at radius 3 is 2.20 bits per heavy atom. The second-order valence-electron chi connectivity index (χ2n) is 2.75. The Morgan fingerprint density at radius 1 is 1.40 bits per heavy atom. The summed E-state index contributed by atoms with van der Waals surface area (Å²) >= 11 is 0. The molecule has 0 aliphatic rings. The van der Waals surface area contributed by atoms with Crippen LogP contribution >= 0.6 is 0 Å². The van der Waals surface area contributed by atoms with Crippen molar-refractivity contribution in [2.24, 2.45) is 11.7 Å². The molecule has 0 amide bonds. The molecule has 0 aliphatic heterocycles. The molecule has 0 aromatic carbocycles. The Labute approximate surface area is 60.6 Å². The van der Waals surface area contributed by atoms with E-state index in [0.717, 1.165) is 6.42 Å². The van der Waals surface area contributed by atoms with Gasteiger partial charge in [-0.1, -0.05) is 20.3 Å². The van der Waals surface area contributed by atoms with Crippen LogP contribution in [0, 0.1) is 5.92 Å². The smallest absolute Gasteiger partial charge is 0.253 e. The van der Waals surface area contributed by atoms with Crippen molar-refractivity contribution < 1.29 is 8.78 Å². The summed E-state index contributed by atoms with van der Waals surface area (Å²) in [6.45, 7) is 3.91. The van der Waals surface area contributed by atoms with Crippen LogP contribution in [-0.2, 0) is 0 Å². The summed E-state index contributed by atoms with van der Waals surface area (Å²) in [5.74, 6) is 0.309. The minimum absolute atomic E-state index is 0.309. The van der Waals surface area contributed by atoms with E-state index >= 15 is 0 Å². The summed E-state index contributed by atoms with van der Waals surface area (Å²) in [7, 11) is 0. The molecule has 0 aromatic heterocycles. The topological polar surface area (TPSA) is 26.0 Å². The van der Waals surface area contributed by atoms with Gasteiger partial charge in [-0.3, -0.25) is 0 Å². The highest BCUT2D eigenvalue weighted by molar-refractivity contribution is 4.66. The van der Waals surface area contributed by atoms with Crippen molar-refractivity contribution in [3.63, 3.8) is 0 Å². The SMILES string of the molecule is CCC(C)CC(N)C(F)F. The van der Waals surface area contributed by atoms with E-state index in [2.05, 4.69) is 0 Å². The lowest BCUT2D eigenvalue weighted by Gasteiger charge is -2.14. The van der Waals surface area contributed by atoms with Crippen molar-refractivity contribution in [1.29, 1.82) is 0 Å². The van der Waals surface area contributed by atoms with Gasteiger partial charge >= 0.3 is 0 Å². The Bertz CT molecular complexity index is 85.7. The lowest BCUT2D eigenvalue weighted by molar-refractivity contribution is 0.105. The molecule has 0 rings (SSSR count). The molecule has 1 nitrogen and oxygen atoms in total. The number of halogens is 2. The van der Waals surface area contributed by atoms with Gasteiger partial charge in [0.25, 0.3) is 6.43 Å². The molecule has 3 heteroatoms. The highest BCUT2D eigenvalue weighted by atomic mass is 19.3. The molecule has 2 atom stereocenters. The molecular weight excluding hydrogens is 136 g/mol. The molecule has 2 unspecified atom stereocenters. The number of hydrogen-bond donors (Lipinski definition) is 1. The van der Waals surface area contributed by atoms with E-state index < -0.39 is 12.5 Å². The molecule has 0 saturated carbocycles. The fourth-order valence-corrected chi connectivity index (χ4v) is 0.734. The summed E-state index contributed by atoms with van der Waals surface area (Å²) in [6, 6.07) is -0.935. The predicted octanol–water partition coefficient (Wildman–Crippen LogP) is 2.01. The van der Waals surface area contributed by atoms with Crippen LogP contribution in [0.15, 0.2) is 0 Å². The van der Waals surface area contributed by atoms with Gasteiger partial charge in [0.2, 0.25) is 0 Å². The van der Waals surface area contributed by atoms with Crippen LogP contribution in [0.1, 0.15) is 26.7 Å².